The van der Waals surface area contributed by atoms with Gasteiger partial charge < -0.3 is 9.84 Å². The van der Waals surface area contributed by atoms with E-state index in [-0.39, 0.29) is 5.82 Å². The summed E-state index contributed by atoms with van der Waals surface area (Å²) >= 11 is 0. The Morgan fingerprint density at radius 1 is 1.47 bits per heavy atom. The highest BCUT2D eigenvalue weighted by molar-refractivity contribution is 5.70. The summed E-state index contributed by atoms with van der Waals surface area (Å²) in [5.74, 6) is -1.79. The van der Waals surface area contributed by atoms with Crippen LogP contribution in [0, 0.1) is 5.92 Å². The normalized spacial score (nSPS) is 15.2. The first kappa shape index (κ1) is 15.3. The number of hydrogen-bond donors (Lipinski definition) is 1. The highest BCUT2D eigenvalue weighted by Gasteiger charge is 2.29. The maximum atomic E-state index is 11.9. The molecule has 1 rings (SSSR count). The first-order valence-electron chi connectivity index (χ1n) is 5.36. The molecule has 19 heavy (non-hydrogen) atoms. The Kier molecular flexibility index (Phi) is 4.81. The van der Waals surface area contributed by atoms with Gasteiger partial charge in [0.05, 0.1) is 12.0 Å². The topological polar surface area (TPSA) is 90.1 Å². The predicted molar refractivity (Wildman–Crippen MR) is 55.0 cm³/mol. The summed E-state index contributed by atoms with van der Waals surface area (Å²) in [7, 11) is 0. The molecule has 1 aromatic rings. The van der Waals surface area contributed by atoms with Gasteiger partial charge in [-0.1, -0.05) is 0 Å². The van der Waals surface area contributed by atoms with Crippen molar-refractivity contribution in [3.63, 3.8) is 0 Å². The molecule has 0 spiro atoms. The average molecular weight is 282 g/mol. The summed E-state index contributed by atoms with van der Waals surface area (Å²) in [6.07, 6.45) is -4.43. The third-order valence-electron chi connectivity index (χ3n) is 2.56. The van der Waals surface area contributed by atoms with Crippen LogP contribution in [0.25, 0.3) is 0 Å². The zero-order valence-corrected chi connectivity index (χ0v) is 10.3. The van der Waals surface area contributed by atoms with Crippen LogP contribution in [0.1, 0.15) is 25.7 Å². The van der Waals surface area contributed by atoms with Gasteiger partial charge in [0, 0.05) is 0 Å². The summed E-state index contributed by atoms with van der Waals surface area (Å²) in [5, 5.41) is 19.3. The molecule has 108 valence electrons. The lowest BCUT2D eigenvalue weighted by Crippen LogP contribution is -2.25. The van der Waals surface area contributed by atoms with E-state index in [4.69, 9.17) is 5.11 Å². The molecule has 0 aliphatic heterocycles. The van der Waals surface area contributed by atoms with Crippen molar-refractivity contribution in [2.24, 2.45) is 5.92 Å². The molecule has 0 fully saturated rings. The second kappa shape index (κ2) is 5.95. The van der Waals surface area contributed by atoms with Gasteiger partial charge in [-0.25, -0.2) is 4.68 Å². The van der Waals surface area contributed by atoms with Crippen LogP contribution in [-0.4, -0.2) is 44.1 Å². The number of aromatic nitrogens is 4. The largest absolute Gasteiger partial charge is 0.481 e. The molecule has 0 amide bonds. The smallest absolute Gasteiger partial charge is 0.411 e. The number of aliphatic carboxylic acids is 1. The van der Waals surface area contributed by atoms with Gasteiger partial charge in [-0.3, -0.25) is 4.79 Å². The van der Waals surface area contributed by atoms with Gasteiger partial charge in [0.2, 0.25) is 0 Å². The highest BCUT2D eigenvalue weighted by atomic mass is 19.4. The van der Waals surface area contributed by atoms with Crippen LogP contribution in [0.15, 0.2) is 0 Å². The SMILES string of the molecule is CC(C(=O)O)C(C)n1nnnc1COCC(F)(F)F. The van der Waals surface area contributed by atoms with Crippen molar-refractivity contribution in [2.75, 3.05) is 6.61 Å². The summed E-state index contributed by atoms with van der Waals surface area (Å²) in [4.78, 5) is 10.8. The standard InChI is InChI=1S/C9H13F3N4O3/c1-5(8(17)18)6(2)16-7(13-14-15-16)3-19-4-9(10,11)12/h5-6H,3-4H2,1-2H3,(H,17,18). The Morgan fingerprint density at radius 3 is 2.63 bits per heavy atom. The molecular formula is C9H13F3N4O3. The Labute approximate surface area is 106 Å². The lowest BCUT2D eigenvalue weighted by Gasteiger charge is -2.17. The number of carboxylic acid groups (broad SMARTS) is 1. The fraction of sp³-hybridized carbons (Fsp3) is 0.778. The molecule has 10 heteroatoms. The van der Waals surface area contributed by atoms with E-state index in [1.165, 1.54) is 6.92 Å². The van der Waals surface area contributed by atoms with Crippen LogP contribution in [0.5, 0.6) is 0 Å². The summed E-state index contributed by atoms with van der Waals surface area (Å²) in [6, 6.07) is -0.600. The van der Waals surface area contributed by atoms with Crippen molar-refractivity contribution in [3.8, 4) is 0 Å². The number of hydrogen-bond acceptors (Lipinski definition) is 5. The van der Waals surface area contributed by atoms with Crippen molar-refractivity contribution < 1.29 is 27.8 Å². The van der Waals surface area contributed by atoms with E-state index in [1.54, 1.807) is 6.92 Å². The molecule has 0 saturated carbocycles. The second-order valence-electron chi connectivity index (χ2n) is 4.02. The van der Waals surface area contributed by atoms with E-state index in [2.05, 4.69) is 20.3 Å². The summed E-state index contributed by atoms with van der Waals surface area (Å²) in [6.45, 7) is 1.16. The molecule has 1 aromatic heterocycles. The Morgan fingerprint density at radius 2 is 2.11 bits per heavy atom. The number of tetrazole rings is 1. The summed E-state index contributed by atoms with van der Waals surface area (Å²) in [5.41, 5.74) is 0. The van der Waals surface area contributed by atoms with Crippen LogP contribution >= 0.6 is 0 Å². The molecule has 0 aliphatic carbocycles. The van der Waals surface area contributed by atoms with Crippen LogP contribution < -0.4 is 0 Å². The van der Waals surface area contributed by atoms with Gasteiger partial charge >= 0.3 is 12.1 Å². The monoisotopic (exact) mass is 282 g/mol. The van der Waals surface area contributed by atoms with Gasteiger partial charge in [-0.2, -0.15) is 13.2 Å². The van der Waals surface area contributed by atoms with Crippen molar-refractivity contribution in [3.05, 3.63) is 5.82 Å². The zero-order chi connectivity index (χ0) is 14.6. The Bertz CT molecular complexity index is 435. The second-order valence-corrected chi connectivity index (χ2v) is 4.02. The third kappa shape index (κ3) is 4.47. The maximum absolute atomic E-state index is 11.9. The fourth-order valence-corrected chi connectivity index (χ4v) is 1.30. The van der Waals surface area contributed by atoms with Crippen LogP contribution in [0.4, 0.5) is 13.2 Å². The van der Waals surface area contributed by atoms with E-state index in [0.29, 0.717) is 0 Å². The molecular weight excluding hydrogens is 269 g/mol. The Balaban J connectivity index is 2.67. The number of ether oxygens (including phenoxy) is 1. The highest BCUT2D eigenvalue weighted by Crippen LogP contribution is 2.19. The first-order chi connectivity index (χ1) is 8.72. The molecule has 0 aliphatic rings. The van der Waals surface area contributed by atoms with Gasteiger partial charge in [0.15, 0.2) is 5.82 Å². The quantitative estimate of drug-likeness (QED) is 0.838. The molecule has 0 saturated heterocycles. The van der Waals surface area contributed by atoms with Gasteiger partial charge in [0.25, 0.3) is 0 Å². The van der Waals surface area contributed by atoms with Crippen molar-refractivity contribution in [1.29, 1.82) is 0 Å². The number of alkyl halides is 3. The first-order valence-corrected chi connectivity index (χ1v) is 5.36. The van der Waals surface area contributed by atoms with Crippen LogP contribution in [-0.2, 0) is 16.1 Å². The maximum Gasteiger partial charge on any atom is 0.411 e. The molecule has 2 atom stereocenters. The number of carboxylic acids is 1. The molecule has 1 N–H and O–H groups in total. The van der Waals surface area contributed by atoms with Gasteiger partial charge in [0.1, 0.15) is 13.2 Å². The van der Waals surface area contributed by atoms with Gasteiger partial charge in [-0.05, 0) is 24.3 Å². The van der Waals surface area contributed by atoms with Crippen LogP contribution in [0.3, 0.4) is 0 Å². The number of halogens is 3. The molecule has 0 radical (unpaired) electrons. The number of carbonyl (C=O) groups is 1. The van der Waals surface area contributed by atoms with E-state index in [9.17, 15) is 18.0 Å². The Hall–Kier alpha value is -1.71. The van der Waals surface area contributed by atoms with E-state index < -0.39 is 37.3 Å². The van der Waals surface area contributed by atoms with E-state index in [1.807, 2.05) is 0 Å². The third-order valence-corrected chi connectivity index (χ3v) is 2.56. The van der Waals surface area contributed by atoms with E-state index in [0.717, 1.165) is 4.68 Å². The van der Waals surface area contributed by atoms with Crippen molar-refractivity contribution in [2.45, 2.75) is 32.7 Å². The number of nitrogens with zero attached hydrogens (tertiary/aromatic N) is 4. The predicted octanol–water partition coefficient (Wildman–Crippen LogP) is 1.03. The lowest BCUT2D eigenvalue weighted by molar-refractivity contribution is -0.177. The average Bonchev–Trinajstić information content (AvgIpc) is 2.73. The minimum Gasteiger partial charge on any atom is -0.481 e. The summed E-state index contributed by atoms with van der Waals surface area (Å²) < 4.78 is 41.3. The van der Waals surface area contributed by atoms with Gasteiger partial charge in [-0.15, -0.1) is 5.10 Å². The minimum absolute atomic E-state index is 0.0462. The zero-order valence-electron chi connectivity index (χ0n) is 10.3. The fourth-order valence-electron chi connectivity index (χ4n) is 1.30. The molecule has 0 aromatic carbocycles. The van der Waals surface area contributed by atoms with E-state index >= 15 is 0 Å². The van der Waals surface area contributed by atoms with Crippen molar-refractivity contribution >= 4 is 5.97 Å². The molecule has 7 nitrogen and oxygen atoms in total. The molecule has 2 unspecified atom stereocenters. The molecule has 1 heterocycles. The minimum atomic E-state index is -4.43. The lowest BCUT2D eigenvalue weighted by atomic mass is 10.0. The number of rotatable bonds is 6. The molecule has 0 bridgehead atoms. The van der Waals surface area contributed by atoms with Crippen molar-refractivity contribution in [1.82, 2.24) is 20.2 Å². The van der Waals surface area contributed by atoms with Crippen LogP contribution in [0.2, 0.25) is 0 Å².